The van der Waals surface area contributed by atoms with Gasteiger partial charge in [0.15, 0.2) is 0 Å². The first-order chi connectivity index (χ1) is 12.8. The van der Waals surface area contributed by atoms with Gasteiger partial charge in [-0.3, -0.25) is 0 Å². The minimum absolute atomic E-state index is 0.296. The molecule has 9 nitrogen and oxygen atoms in total. The molecule has 4 N–H and O–H groups in total. The number of nitrogens with one attached hydrogen (secondary N) is 2. The molecule has 1 heterocycles. The Morgan fingerprint density at radius 3 is 2.31 bits per heavy atom. The lowest BCUT2D eigenvalue weighted by Gasteiger charge is -2.21. The summed E-state index contributed by atoms with van der Waals surface area (Å²) in [5.74, 6) is 1.71. The predicted octanol–water partition coefficient (Wildman–Crippen LogP) is 1.28. The molecule has 0 spiro atoms. The van der Waals surface area contributed by atoms with Gasteiger partial charge in [0.1, 0.15) is 0 Å². The van der Waals surface area contributed by atoms with Crippen LogP contribution in [0.3, 0.4) is 0 Å². The van der Waals surface area contributed by atoms with Crippen LogP contribution >= 0.6 is 0 Å². The highest BCUT2D eigenvalue weighted by atomic mass is 16.5. The van der Waals surface area contributed by atoms with Crippen LogP contribution in [0.25, 0.3) is 0 Å². The number of anilines is 2. The van der Waals surface area contributed by atoms with Crippen LogP contribution in [-0.4, -0.2) is 68.1 Å². The summed E-state index contributed by atoms with van der Waals surface area (Å²) in [6.45, 7) is 4.18. The summed E-state index contributed by atoms with van der Waals surface area (Å²) in [6.07, 6.45) is 6.53. The fourth-order valence-corrected chi connectivity index (χ4v) is 2.87. The summed E-state index contributed by atoms with van der Waals surface area (Å²) < 4.78 is 15.9. The standard InChI is InChI=1S/C17H32N6O3/c1-24-17-22-15(19-8-10-26-12-11-25-9-7-18)21-16(23-17)20-13-14-5-3-2-4-6-14/h14H,2-13,18H2,1H3,(H2,19,20,21,22,23). The predicted molar refractivity (Wildman–Crippen MR) is 101 cm³/mol. The Labute approximate surface area is 155 Å². The summed E-state index contributed by atoms with van der Waals surface area (Å²) in [7, 11) is 1.55. The largest absolute Gasteiger partial charge is 0.467 e. The number of hydrogen-bond donors (Lipinski definition) is 3. The molecule has 0 atom stereocenters. The van der Waals surface area contributed by atoms with Gasteiger partial charge in [-0.25, -0.2) is 0 Å². The van der Waals surface area contributed by atoms with Crippen LogP contribution in [0.5, 0.6) is 6.01 Å². The number of ether oxygens (including phenoxy) is 3. The number of rotatable bonds is 13. The van der Waals surface area contributed by atoms with Crippen molar-refractivity contribution in [3.8, 4) is 6.01 Å². The lowest BCUT2D eigenvalue weighted by atomic mass is 9.89. The topological polar surface area (TPSA) is 116 Å². The fourth-order valence-electron chi connectivity index (χ4n) is 2.87. The van der Waals surface area contributed by atoms with Crippen molar-refractivity contribution in [2.45, 2.75) is 32.1 Å². The monoisotopic (exact) mass is 368 g/mol. The Morgan fingerprint density at radius 1 is 0.923 bits per heavy atom. The van der Waals surface area contributed by atoms with Crippen molar-refractivity contribution in [1.82, 2.24) is 15.0 Å². The van der Waals surface area contributed by atoms with Crippen molar-refractivity contribution in [3.05, 3.63) is 0 Å². The maximum atomic E-state index is 5.47. The van der Waals surface area contributed by atoms with Crippen LogP contribution in [0.15, 0.2) is 0 Å². The van der Waals surface area contributed by atoms with Crippen LogP contribution in [-0.2, 0) is 9.47 Å². The summed E-state index contributed by atoms with van der Waals surface area (Å²) in [4.78, 5) is 12.9. The maximum Gasteiger partial charge on any atom is 0.322 e. The number of nitrogens with two attached hydrogens (primary N) is 1. The third-order valence-corrected chi connectivity index (χ3v) is 4.23. The van der Waals surface area contributed by atoms with Gasteiger partial charge in [0, 0.05) is 19.6 Å². The van der Waals surface area contributed by atoms with Gasteiger partial charge in [-0.2, -0.15) is 15.0 Å². The summed E-state index contributed by atoms with van der Waals surface area (Å²) in [5, 5.41) is 6.45. The molecule has 0 unspecified atom stereocenters. The highest BCUT2D eigenvalue weighted by molar-refractivity contribution is 5.35. The second-order valence-corrected chi connectivity index (χ2v) is 6.29. The maximum absolute atomic E-state index is 5.47. The van der Waals surface area contributed by atoms with E-state index in [-0.39, 0.29) is 0 Å². The third kappa shape index (κ3) is 8.11. The van der Waals surface area contributed by atoms with Crippen molar-refractivity contribution >= 4 is 11.9 Å². The van der Waals surface area contributed by atoms with Gasteiger partial charge in [-0.15, -0.1) is 0 Å². The lowest BCUT2D eigenvalue weighted by Crippen LogP contribution is -2.19. The van der Waals surface area contributed by atoms with Crippen LogP contribution in [0.2, 0.25) is 0 Å². The average Bonchev–Trinajstić information content (AvgIpc) is 2.69. The van der Waals surface area contributed by atoms with Gasteiger partial charge in [-0.1, -0.05) is 19.3 Å². The van der Waals surface area contributed by atoms with E-state index in [4.69, 9.17) is 19.9 Å². The third-order valence-electron chi connectivity index (χ3n) is 4.23. The van der Waals surface area contributed by atoms with E-state index in [0.717, 1.165) is 6.54 Å². The molecule has 1 aliphatic rings. The number of nitrogens with zero attached hydrogens (tertiary/aromatic N) is 3. The normalized spacial score (nSPS) is 15.0. The molecule has 0 aliphatic heterocycles. The zero-order chi connectivity index (χ0) is 18.5. The van der Waals surface area contributed by atoms with Crippen molar-refractivity contribution in [1.29, 1.82) is 0 Å². The quantitative estimate of drug-likeness (QED) is 0.443. The zero-order valence-electron chi connectivity index (χ0n) is 15.7. The lowest BCUT2D eigenvalue weighted by molar-refractivity contribution is 0.0547. The highest BCUT2D eigenvalue weighted by Gasteiger charge is 2.14. The molecule has 148 valence electrons. The van der Waals surface area contributed by atoms with E-state index in [2.05, 4.69) is 25.6 Å². The number of methoxy groups -OCH3 is 1. The first kappa shape index (κ1) is 20.6. The van der Waals surface area contributed by atoms with E-state index in [0.29, 0.717) is 63.3 Å². The minimum Gasteiger partial charge on any atom is -0.467 e. The van der Waals surface area contributed by atoms with Gasteiger partial charge in [0.05, 0.1) is 33.5 Å². The van der Waals surface area contributed by atoms with Gasteiger partial charge >= 0.3 is 6.01 Å². The molecule has 26 heavy (non-hydrogen) atoms. The van der Waals surface area contributed by atoms with Crippen LogP contribution < -0.4 is 21.1 Å². The van der Waals surface area contributed by atoms with E-state index in [1.807, 2.05) is 0 Å². The molecule has 0 bridgehead atoms. The van der Waals surface area contributed by atoms with Crippen molar-refractivity contribution < 1.29 is 14.2 Å². The molecule has 9 heteroatoms. The summed E-state index contributed by atoms with van der Waals surface area (Å²) in [5.41, 5.74) is 5.34. The van der Waals surface area contributed by atoms with E-state index < -0.39 is 0 Å². The van der Waals surface area contributed by atoms with E-state index >= 15 is 0 Å². The van der Waals surface area contributed by atoms with Crippen LogP contribution in [0.1, 0.15) is 32.1 Å². The van der Waals surface area contributed by atoms with Gasteiger partial charge < -0.3 is 30.6 Å². The molecule has 2 rings (SSSR count). The van der Waals surface area contributed by atoms with E-state index in [9.17, 15) is 0 Å². The molecule has 1 fully saturated rings. The summed E-state index contributed by atoms with van der Waals surface area (Å²) >= 11 is 0. The van der Waals surface area contributed by atoms with E-state index in [1.165, 1.54) is 32.1 Å². The zero-order valence-corrected chi connectivity index (χ0v) is 15.7. The van der Waals surface area contributed by atoms with Gasteiger partial charge in [0.2, 0.25) is 11.9 Å². The Kier molecular flexibility index (Phi) is 9.99. The molecule has 1 aliphatic carbocycles. The minimum atomic E-state index is 0.296. The molecule has 1 aromatic heterocycles. The Hall–Kier alpha value is -1.71. The first-order valence-electron chi connectivity index (χ1n) is 9.45. The Bertz CT molecular complexity index is 499. The first-order valence-corrected chi connectivity index (χ1v) is 9.45. The van der Waals surface area contributed by atoms with Crippen LogP contribution in [0.4, 0.5) is 11.9 Å². The number of hydrogen-bond acceptors (Lipinski definition) is 9. The molecule has 0 aromatic carbocycles. The molecule has 0 radical (unpaired) electrons. The molecule has 0 saturated heterocycles. The molecule has 1 aromatic rings. The SMILES string of the molecule is COc1nc(NCCOCCOCCN)nc(NCC2CCCCC2)n1. The van der Waals surface area contributed by atoms with Crippen molar-refractivity contribution in [3.63, 3.8) is 0 Å². The second kappa shape index (κ2) is 12.6. The number of aromatic nitrogens is 3. The second-order valence-electron chi connectivity index (χ2n) is 6.29. The van der Waals surface area contributed by atoms with Crippen LogP contribution in [0, 0.1) is 5.92 Å². The molecular formula is C17H32N6O3. The smallest absolute Gasteiger partial charge is 0.322 e. The highest BCUT2D eigenvalue weighted by Crippen LogP contribution is 2.23. The molecule has 0 amide bonds. The van der Waals surface area contributed by atoms with Crippen molar-refractivity contribution in [2.24, 2.45) is 11.7 Å². The average molecular weight is 368 g/mol. The van der Waals surface area contributed by atoms with Crippen molar-refractivity contribution in [2.75, 3.05) is 63.8 Å². The Balaban J connectivity index is 1.71. The fraction of sp³-hybridized carbons (Fsp3) is 0.824. The molecular weight excluding hydrogens is 336 g/mol. The molecule has 1 saturated carbocycles. The van der Waals surface area contributed by atoms with E-state index in [1.54, 1.807) is 7.11 Å². The Morgan fingerprint density at radius 2 is 1.62 bits per heavy atom. The summed E-state index contributed by atoms with van der Waals surface area (Å²) in [6, 6.07) is 0.296. The van der Waals surface area contributed by atoms with Gasteiger partial charge in [0.25, 0.3) is 0 Å². The van der Waals surface area contributed by atoms with Gasteiger partial charge in [-0.05, 0) is 18.8 Å².